The molecule has 0 aliphatic rings. The third kappa shape index (κ3) is 4.00. The van der Waals surface area contributed by atoms with E-state index in [1.165, 1.54) is 16.9 Å². The van der Waals surface area contributed by atoms with Crippen LogP contribution in [0.5, 0.6) is 5.75 Å². The van der Waals surface area contributed by atoms with Crippen molar-refractivity contribution in [2.24, 2.45) is 5.73 Å². The van der Waals surface area contributed by atoms with Crippen LogP contribution >= 0.6 is 0 Å². The van der Waals surface area contributed by atoms with Gasteiger partial charge < -0.3 is 15.6 Å². The number of aliphatic hydroxyl groups excluding tert-OH is 1. The number of ether oxygens (including phenoxy) is 1. The van der Waals surface area contributed by atoms with E-state index in [4.69, 9.17) is 15.6 Å². The van der Waals surface area contributed by atoms with Crippen LogP contribution in [0.3, 0.4) is 0 Å². The van der Waals surface area contributed by atoms with Crippen LogP contribution < -0.4 is 16.0 Å². The van der Waals surface area contributed by atoms with Gasteiger partial charge in [-0.05, 0) is 19.9 Å². The Kier molecular flexibility index (Phi) is 4.94. The predicted octanol–water partition coefficient (Wildman–Crippen LogP) is -0.648. The van der Waals surface area contributed by atoms with Gasteiger partial charge in [0.1, 0.15) is 5.75 Å². The molecule has 1 atom stereocenters. The summed E-state index contributed by atoms with van der Waals surface area (Å²) in [5, 5.41) is 13.0. The fraction of sp³-hybridized carbons (Fsp3) is 0.600. The van der Waals surface area contributed by atoms with Crippen LogP contribution in [0, 0.1) is 0 Å². The minimum Gasteiger partial charge on any atom is -0.492 e. The highest BCUT2D eigenvalue weighted by molar-refractivity contribution is 5.13. The largest absolute Gasteiger partial charge is 0.492 e. The molecule has 1 unspecified atom stereocenters. The molecule has 6 nitrogen and oxygen atoms in total. The Labute approximate surface area is 93.6 Å². The van der Waals surface area contributed by atoms with Gasteiger partial charge in [0.15, 0.2) is 0 Å². The smallest absolute Gasteiger partial charge is 0.270 e. The number of nitrogens with zero attached hydrogens (tertiary/aromatic N) is 2. The average Bonchev–Trinajstić information content (AvgIpc) is 2.22. The van der Waals surface area contributed by atoms with Crippen molar-refractivity contribution in [2.75, 3.05) is 13.2 Å². The predicted molar refractivity (Wildman–Crippen MR) is 59.3 cm³/mol. The van der Waals surface area contributed by atoms with Gasteiger partial charge in [-0.2, -0.15) is 5.10 Å². The van der Waals surface area contributed by atoms with Crippen molar-refractivity contribution in [3.8, 4) is 5.75 Å². The Bertz CT molecular complexity index is 376. The van der Waals surface area contributed by atoms with Crippen molar-refractivity contribution in [1.29, 1.82) is 0 Å². The summed E-state index contributed by atoms with van der Waals surface area (Å²) in [4.78, 5) is 11.5. The van der Waals surface area contributed by atoms with E-state index in [9.17, 15) is 4.79 Å². The van der Waals surface area contributed by atoms with Crippen LogP contribution in [0.15, 0.2) is 17.1 Å². The summed E-state index contributed by atoms with van der Waals surface area (Å²) in [6, 6.07) is 1.35. The highest BCUT2D eigenvalue weighted by atomic mass is 16.5. The van der Waals surface area contributed by atoms with Gasteiger partial charge in [-0.3, -0.25) is 4.79 Å². The van der Waals surface area contributed by atoms with E-state index in [1.807, 2.05) is 0 Å². The average molecular weight is 227 g/mol. The highest BCUT2D eigenvalue weighted by Crippen LogP contribution is 2.03. The first-order chi connectivity index (χ1) is 7.63. The van der Waals surface area contributed by atoms with E-state index < -0.39 is 6.10 Å². The van der Waals surface area contributed by atoms with E-state index >= 15 is 0 Å². The van der Waals surface area contributed by atoms with E-state index in [-0.39, 0.29) is 12.1 Å². The van der Waals surface area contributed by atoms with E-state index in [1.54, 1.807) is 6.92 Å². The Morgan fingerprint density at radius 3 is 3.00 bits per heavy atom. The SMILES string of the molecule is CC(O)Cn1ncc(OCCCN)cc1=O. The van der Waals surface area contributed by atoms with Gasteiger partial charge in [-0.25, -0.2) is 4.68 Å². The third-order valence-electron chi connectivity index (χ3n) is 1.90. The van der Waals surface area contributed by atoms with Crippen molar-refractivity contribution in [1.82, 2.24) is 9.78 Å². The van der Waals surface area contributed by atoms with Gasteiger partial charge in [0, 0.05) is 6.07 Å². The first-order valence-corrected chi connectivity index (χ1v) is 5.21. The van der Waals surface area contributed by atoms with Crippen molar-refractivity contribution in [3.05, 3.63) is 22.6 Å². The lowest BCUT2D eigenvalue weighted by molar-refractivity contribution is 0.165. The second-order valence-electron chi connectivity index (χ2n) is 3.55. The van der Waals surface area contributed by atoms with Crippen LogP contribution in [-0.2, 0) is 6.54 Å². The van der Waals surface area contributed by atoms with E-state index in [2.05, 4.69) is 5.10 Å². The maximum absolute atomic E-state index is 11.5. The van der Waals surface area contributed by atoms with Gasteiger partial charge >= 0.3 is 0 Å². The number of nitrogens with two attached hydrogens (primary N) is 1. The fourth-order valence-corrected chi connectivity index (χ4v) is 1.16. The van der Waals surface area contributed by atoms with Crippen LogP contribution in [-0.4, -0.2) is 34.1 Å². The molecular weight excluding hydrogens is 210 g/mol. The molecule has 1 aromatic heterocycles. The molecule has 16 heavy (non-hydrogen) atoms. The fourth-order valence-electron chi connectivity index (χ4n) is 1.16. The topological polar surface area (TPSA) is 90.4 Å². The van der Waals surface area contributed by atoms with Crippen molar-refractivity contribution < 1.29 is 9.84 Å². The maximum Gasteiger partial charge on any atom is 0.270 e. The molecule has 6 heteroatoms. The number of rotatable bonds is 6. The van der Waals surface area contributed by atoms with Crippen LogP contribution in [0.1, 0.15) is 13.3 Å². The lowest BCUT2D eigenvalue weighted by atomic mass is 10.4. The van der Waals surface area contributed by atoms with Gasteiger partial charge in [-0.1, -0.05) is 0 Å². The van der Waals surface area contributed by atoms with Gasteiger partial charge in [0.05, 0.1) is 25.5 Å². The summed E-state index contributed by atoms with van der Waals surface area (Å²) in [6.07, 6.45) is 1.59. The van der Waals surface area contributed by atoms with Gasteiger partial charge in [0.25, 0.3) is 5.56 Å². The zero-order chi connectivity index (χ0) is 12.0. The summed E-state index contributed by atoms with van der Waals surface area (Å²) in [7, 11) is 0. The lowest BCUT2D eigenvalue weighted by Crippen LogP contribution is -2.26. The molecule has 0 spiro atoms. The molecule has 0 aliphatic heterocycles. The zero-order valence-electron chi connectivity index (χ0n) is 9.30. The maximum atomic E-state index is 11.5. The van der Waals surface area contributed by atoms with E-state index in [0.717, 1.165) is 6.42 Å². The Hall–Kier alpha value is -1.40. The lowest BCUT2D eigenvalue weighted by Gasteiger charge is -2.08. The molecule has 0 aromatic carbocycles. The number of aliphatic hydroxyl groups is 1. The molecule has 0 radical (unpaired) electrons. The second-order valence-corrected chi connectivity index (χ2v) is 3.55. The van der Waals surface area contributed by atoms with Crippen molar-refractivity contribution in [3.63, 3.8) is 0 Å². The van der Waals surface area contributed by atoms with Crippen LogP contribution in [0.25, 0.3) is 0 Å². The monoisotopic (exact) mass is 227 g/mol. The van der Waals surface area contributed by atoms with Gasteiger partial charge in [0.2, 0.25) is 0 Å². The molecule has 1 heterocycles. The number of hydrogen-bond donors (Lipinski definition) is 2. The Balaban J connectivity index is 2.64. The summed E-state index contributed by atoms with van der Waals surface area (Å²) in [6.45, 7) is 2.80. The minimum absolute atomic E-state index is 0.182. The molecule has 0 amide bonds. The standard InChI is InChI=1S/C10H17N3O3/c1-8(14)7-13-10(15)5-9(6-12-13)16-4-2-3-11/h5-6,8,14H,2-4,7,11H2,1H3. The molecule has 0 fully saturated rings. The molecule has 1 aromatic rings. The Morgan fingerprint density at radius 1 is 1.69 bits per heavy atom. The third-order valence-corrected chi connectivity index (χ3v) is 1.90. The minimum atomic E-state index is -0.603. The number of aromatic nitrogens is 2. The molecule has 0 bridgehead atoms. The quantitative estimate of drug-likeness (QED) is 0.630. The van der Waals surface area contributed by atoms with Gasteiger partial charge in [-0.15, -0.1) is 0 Å². The molecule has 0 saturated carbocycles. The summed E-state index contributed by atoms with van der Waals surface area (Å²) >= 11 is 0. The summed E-state index contributed by atoms with van der Waals surface area (Å²) < 4.78 is 6.46. The zero-order valence-corrected chi connectivity index (χ0v) is 9.30. The molecule has 90 valence electrons. The van der Waals surface area contributed by atoms with Crippen molar-refractivity contribution in [2.45, 2.75) is 26.0 Å². The molecular formula is C10H17N3O3. The number of hydrogen-bond acceptors (Lipinski definition) is 5. The molecule has 0 aliphatic carbocycles. The normalized spacial score (nSPS) is 12.4. The molecule has 3 N–H and O–H groups in total. The van der Waals surface area contributed by atoms with Crippen molar-refractivity contribution >= 4 is 0 Å². The first-order valence-electron chi connectivity index (χ1n) is 5.21. The van der Waals surface area contributed by atoms with Crippen LogP contribution in [0.4, 0.5) is 0 Å². The molecule has 1 rings (SSSR count). The highest BCUT2D eigenvalue weighted by Gasteiger charge is 2.03. The molecule has 0 saturated heterocycles. The van der Waals surface area contributed by atoms with Crippen LogP contribution in [0.2, 0.25) is 0 Å². The summed E-state index contributed by atoms with van der Waals surface area (Å²) in [5.74, 6) is 0.431. The van der Waals surface area contributed by atoms with E-state index in [0.29, 0.717) is 18.9 Å². The first kappa shape index (κ1) is 12.7. The Morgan fingerprint density at radius 2 is 2.44 bits per heavy atom. The summed E-state index contributed by atoms with van der Waals surface area (Å²) in [5.41, 5.74) is 5.03. The second kappa shape index (κ2) is 6.24.